The number of urea groups is 1. The Morgan fingerprint density at radius 3 is 2.32 bits per heavy atom. The molecule has 6 nitrogen and oxygen atoms in total. The van der Waals surface area contributed by atoms with Gasteiger partial charge in [0.15, 0.2) is 0 Å². The molecule has 0 aromatic heterocycles. The first-order valence-electron chi connectivity index (χ1n) is 7.30. The fourth-order valence-electron chi connectivity index (χ4n) is 2.23. The molecular formula is C17H17Cl2N3O3. The molecule has 0 saturated heterocycles. The molecule has 2 aromatic rings. The molecule has 0 atom stereocenters. The third kappa shape index (κ3) is 4.22. The number of carbonyl (C=O) groups is 1. The molecule has 0 aliphatic heterocycles. The van der Waals surface area contributed by atoms with E-state index in [1.165, 1.54) is 12.1 Å². The summed E-state index contributed by atoms with van der Waals surface area (Å²) in [6, 6.07) is 12.5. The van der Waals surface area contributed by atoms with Gasteiger partial charge in [-0.05, 0) is 32.0 Å². The maximum Gasteiger partial charge on any atom is 0.346 e. The number of nitrogens with one attached hydrogen (secondary N) is 1. The van der Waals surface area contributed by atoms with Crippen molar-refractivity contribution in [1.82, 2.24) is 5.06 Å². The number of halogens is 2. The number of nitrogens with zero attached hydrogens (tertiary/aromatic N) is 2. The molecule has 2 aromatic carbocycles. The Balaban J connectivity index is 2.22. The third-order valence-electron chi connectivity index (χ3n) is 3.62. The second kappa shape index (κ2) is 7.74. The molecule has 132 valence electrons. The van der Waals surface area contributed by atoms with Crippen LogP contribution in [0.5, 0.6) is 0 Å². The molecule has 0 radical (unpaired) electrons. The number of amides is 2. The van der Waals surface area contributed by atoms with Gasteiger partial charge >= 0.3 is 6.03 Å². The fourth-order valence-corrected chi connectivity index (χ4v) is 2.53. The van der Waals surface area contributed by atoms with E-state index in [0.717, 1.165) is 0 Å². The molecule has 0 aliphatic carbocycles. The largest absolute Gasteiger partial charge is 0.411 e. The highest BCUT2D eigenvalue weighted by Gasteiger charge is 2.37. The summed E-state index contributed by atoms with van der Waals surface area (Å²) in [6.07, 6.45) is 0. The van der Waals surface area contributed by atoms with Crippen LogP contribution in [0, 0.1) is 0 Å². The van der Waals surface area contributed by atoms with Crippen LogP contribution in [-0.2, 0) is 0 Å². The van der Waals surface area contributed by atoms with Crippen LogP contribution in [0.15, 0.2) is 53.7 Å². The van der Waals surface area contributed by atoms with E-state index in [2.05, 4.69) is 10.5 Å². The van der Waals surface area contributed by atoms with Crippen molar-refractivity contribution >= 4 is 40.6 Å². The van der Waals surface area contributed by atoms with Crippen molar-refractivity contribution in [1.29, 1.82) is 0 Å². The smallest absolute Gasteiger partial charge is 0.346 e. The molecule has 0 unspecified atom stereocenters. The number of benzene rings is 2. The molecule has 0 heterocycles. The van der Waals surface area contributed by atoms with Crippen LogP contribution in [-0.4, -0.2) is 32.8 Å². The van der Waals surface area contributed by atoms with Gasteiger partial charge in [0.25, 0.3) is 0 Å². The van der Waals surface area contributed by atoms with Crippen molar-refractivity contribution in [2.24, 2.45) is 5.16 Å². The van der Waals surface area contributed by atoms with Crippen LogP contribution < -0.4 is 5.32 Å². The molecule has 2 amide bonds. The molecular weight excluding hydrogens is 365 g/mol. The molecule has 0 fully saturated rings. The maximum absolute atomic E-state index is 12.4. The number of rotatable bonds is 4. The van der Waals surface area contributed by atoms with Crippen LogP contribution >= 0.6 is 23.2 Å². The van der Waals surface area contributed by atoms with Crippen LogP contribution in [0.1, 0.15) is 19.4 Å². The SMILES string of the molecule is CC(C)(C(=NO)c1ccccc1)N(O)C(=O)Nc1ccc(Cl)c(Cl)c1. The van der Waals surface area contributed by atoms with Crippen molar-refractivity contribution in [3.8, 4) is 0 Å². The van der Waals surface area contributed by atoms with E-state index >= 15 is 0 Å². The molecule has 0 spiro atoms. The molecule has 25 heavy (non-hydrogen) atoms. The molecule has 8 heteroatoms. The fraction of sp³-hybridized carbons (Fsp3) is 0.176. The molecule has 3 N–H and O–H groups in total. The zero-order valence-electron chi connectivity index (χ0n) is 13.6. The predicted octanol–water partition coefficient (Wildman–Crippen LogP) is 4.87. The summed E-state index contributed by atoms with van der Waals surface area (Å²) in [4.78, 5) is 12.4. The average molecular weight is 382 g/mol. The Kier molecular flexibility index (Phi) is 5.89. The van der Waals surface area contributed by atoms with E-state index in [1.54, 1.807) is 50.2 Å². The number of hydrogen-bond donors (Lipinski definition) is 3. The van der Waals surface area contributed by atoms with E-state index in [0.29, 0.717) is 21.3 Å². The van der Waals surface area contributed by atoms with Gasteiger partial charge in [-0.1, -0.05) is 58.7 Å². The van der Waals surface area contributed by atoms with Gasteiger partial charge in [-0.15, -0.1) is 0 Å². The Labute approximate surface area is 155 Å². The third-order valence-corrected chi connectivity index (χ3v) is 4.36. The standard InChI is InChI=1S/C17H17Cl2N3O3/c1-17(2,15(21-24)11-6-4-3-5-7-11)22(25)16(23)20-12-8-9-13(18)14(19)10-12/h3-10,24-25H,1-2H3,(H,20,23). The second-order valence-corrected chi connectivity index (χ2v) is 6.56. The summed E-state index contributed by atoms with van der Waals surface area (Å²) in [5.41, 5.74) is -0.260. The minimum atomic E-state index is -1.31. The molecule has 0 aliphatic rings. The van der Waals surface area contributed by atoms with Gasteiger partial charge in [-0.25, -0.2) is 4.79 Å². The molecule has 0 saturated carbocycles. The Morgan fingerprint density at radius 2 is 1.76 bits per heavy atom. The van der Waals surface area contributed by atoms with E-state index in [1.807, 2.05) is 0 Å². The number of hydroxylamine groups is 2. The van der Waals surface area contributed by atoms with Crippen molar-refractivity contribution < 1.29 is 15.2 Å². The van der Waals surface area contributed by atoms with Gasteiger partial charge in [-0.2, -0.15) is 5.06 Å². The lowest BCUT2D eigenvalue weighted by molar-refractivity contribution is -0.0837. The first-order chi connectivity index (χ1) is 11.8. The summed E-state index contributed by atoms with van der Waals surface area (Å²) in [6.45, 7) is 3.09. The normalized spacial score (nSPS) is 12.0. The Hall–Kier alpha value is -2.28. The van der Waals surface area contributed by atoms with Crippen LogP contribution in [0.3, 0.4) is 0 Å². The van der Waals surface area contributed by atoms with Gasteiger partial charge in [0.2, 0.25) is 0 Å². The first-order valence-corrected chi connectivity index (χ1v) is 8.06. The highest BCUT2D eigenvalue weighted by Crippen LogP contribution is 2.26. The lowest BCUT2D eigenvalue weighted by Crippen LogP contribution is -2.53. The van der Waals surface area contributed by atoms with Crippen molar-refractivity contribution in [2.75, 3.05) is 5.32 Å². The van der Waals surface area contributed by atoms with Gasteiger partial charge in [0.1, 0.15) is 11.3 Å². The number of oxime groups is 1. The zero-order valence-corrected chi connectivity index (χ0v) is 15.1. The van der Waals surface area contributed by atoms with Crippen LogP contribution in [0.25, 0.3) is 0 Å². The van der Waals surface area contributed by atoms with E-state index < -0.39 is 11.6 Å². The summed E-state index contributed by atoms with van der Waals surface area (Å²) in [7, 11) is 0. The monoisotopic (exact) mass is 381 g/mol. The summed E-state index contributed by atoms with van der Waals surface area (Å²) < 4.78 is 0. The molecule has 0 bridgehead atoms. The Bertz CT molecular complexity index is 795. The van der Waals surface area contributed by atoms with Gasteiger partial charge in [0, 0.05) is 11.3 Å². The number of hydrogen-bond acceptors (Lipinski definition) is 4. The van der Waals surface area contributed by atoms with Gasteiger partial charge in [-0.3, -0.25) is 5.21 Å². The van der Waals surface area contributed by atoms with E-state index in [9.17, 15) is 15.2 Å². The van der Waals surface area contributed by atoms with E-state index in [4.69, 9.17) is 23.2 Å². The van der Waals surface area contributed by atoms with Crippen LogP contribution in [0.2, 0.25) is 10.0 Å². The number of carbonyl (C=O) groups excluding carboxylic acids is 1. The van der Waals surface area contributed by atoms with Crippen molar-refractivity contribution in [3.05, 3.63) is 64.1 Å². The molecule has 2 rings (SSSR count). The van der Waals surface area contributed by atoms with Crippen molar-refractivity contribution in [2.45, 2.75) is 19.4 Å². The lowest BCUT2D eigenvalue weighted by Gasteiger charge is -2.33. The highest BCUT2D eigenvalue weighted by atomic mass is 35.5. The predicted molar refractivity (Wildman–Crippen MR) is 98.0 cm³/mol. The van der Waals surface area contributed by atoms with Gasteiger partial charge in [0.05, 0.1) is 10.0 Å². The van der Waals surface area contributed by atoms with E-state index in [-0.39, 0.29) is 10.7 Å². The summed E-state index contributed by atoms with van der Waals surface area (Å²) in [5.74, 6) is 0. The minimum absolute atomic E-state index is 0.125. The quantitative estimate of drug-likeness (QED) is 0.305. The Morgan fingerprint density at radius 1 is 1.12 bits per heavy atom. The summed E-state index contributed by atoms with van der Waals surface area (Å²) >= 11 is 11.7. The van der Waals surface area contributed by atoms with Crippen molar-refractivity contribution in [3.63, 3.8) is 0 Å². The maximum atomic E-state index is 12.4. The van der Waals surface area contributed by atoms with Gasteiger partial charge < -0.3 is 10.5 Å². The first kappa shape index (κ1) is 19.1. The minimum Gasteiger partial charge on any atom is -0.411 e. The van der Waals surface area contributed by atoms with Crippen LogP contribution in [0.4, 0.5) is 10.5 Å². The topological polar surface area (TPSA) is 85.2 Å². The average Bonchev–Trinajstić information content (AvgIpc) is 2.58. The highest BCUT2D eigenvalue weighted by molar-refractivity contribution is 6.42. The second-order valence-electron chi connectivity index (χ2n) is 5.74. The number of anilines is 1. The summed E-state index contributed by atoms with van der Waals surface area (Å²) in [5, 5.41) is 26.6. The zero-order chi connectivity index (χ0) is 18.6. The lowest BCUT2D eigenvalue weighted by atomic mass is 9.92.